The minimum atomic E-state index is -0.159. The lowest BCUT2D eigenvalue weighted by Crippen LogP contribution is -2.60. The van der Waals surface area contributed by atoms with Crippen molar-refractivity contribution in [3.05, 3.63) is 96.6 Å². The Kier molecular flexibility index (Phi) is 3.73. The summed E-state index contributed by atoms with van der Waals surface area (Å²) in [5, 5.41) is 0. The number of aryl methyl sites for hydroxylation is 1. The average molecular weight is 381 g/mol. The van der Waals surface area contributed by atoms with Crippen LogP contribution in [0.1, 0.15) is 31.9 Å². The average Bonchev–Trinajstić information content (AvgIpc) is 3.09. The van der Waals surface area contributed by atoms with E-state index in [1.165, 1.54) is 33.9 Å². The highest BCUT2D eigenvalue weighted by Gasteiger charge is 2.58. The molecule has 0 saturated carbocycles. The lowest BCUT2D eigenvalue weighted by Gasteiger charge is -2.56. The van der Waals surface area contributed by atoms with Gasteiger partial charge in [0.05, 0.1) is 11.4 Å². The Labute approximate surface area is 174 Å². The molecule has 146 valence electrons. The number of hydrogen-bond donors (Lipinski definition) is 0. The van der Waals surface area contributed by atoms with Gasteiger partial charge in [0.2, 0.25) is 0 Å². The van der Waals surface area contributed by atoms with Gasteiger partial charge in [-0.15, -0.1) is 6.58 Å². The number of hydrogen-bond acceptors (Lipinski definition) is 2. The van der Waals surface area contributed by atoms with Crippen LogP contribution in [0, 0.1) is 12.3 Å². The van der Waals surface area contributed by atoms with Crippen molar-refractivity contribution < 1.29 is 0 Å². The predicted octanol–water partition coefficient (Wildman–Crippen LogP) is 7.09. The molecule has 0 amide bonds. The van der Waals surface area contributed by atoms with Crippen molar-refractivity contribution in [2.75, 3.05) is 9.80 Å². The normalized spacial score (nSPS) is 23.9. The van der Waals surface area contributed by atoms with Gasteiger partial charge in [0.15, 0.2) is 0 Å². The van der Waals surface area contributed by atoms with Gasteiger partial charge >= 0.3 is 0 Å². The van der Waals surface area contributed by atoms with Crippen molar-refractivity contribution in [2.45, 2.75) is 39.3 Å². The van der Waals surface area contributed by atoms with Crippen LogP contribution in [0.15, 0.2) is 85.5 Å². The summed E-state index contributed by atoms with van der Waals surface area (Å²) in [7, 11) is 0. The molecule has 3 aromatic rings. The summed E-state index contributed by atoms with van der Waals surface area (Å²) < 4.78 is 0. The zero-order valence-electron chi connectivity index (χ0n) is 17.7. The Morgan fingerprint density at radius 1 is 0.724 bits per heavy atom. The molecule has 2 nitrogen and oxygen atoms in total. The maximum Gasteiger partial charge on any atom is 0.117 e. The molecule has 2 atom stereocenters. The maximum atomic E-state index is 4.29. The molecule has 0 saturated heterocycles. The van der Waals surface area contributed by atoms with Crippen molar-refractivity contribution in [1.29, 1.82) is 0 Å². The predicted molar refractivity (Wildman–Crippen MR) is 123 cm³/mol. The molecule has 0 aliphatic carbocycles. The van der Waals surface area contributed by atoms with E-state index in [4.69, 9.17) is 0 Å². The van der Waals surface area contributed by atoms with E-state index in [1.807, 2.05) is 0 Å². The first-order valence-corrected chi connectivity index (χ1v) is 10.4. The van der Waals surface area contributed by atoms with Crippen LogP contribution in [0.3, 0.4) is 0 Å². The van der Waals surface area contributed by atoms with Gasteiger partial charge in [-0.25, -0.2) is 0 Å². The van der Waals surface area contributed by atoms with Crippen molar-refractivity contribution in [3.8, 4) is 0 Å². The summed E-state index contributed by atoms with van der Waals surface area (Å²) in [4.78, 5) is 5.09. The Morgan fingerprint density at radius 3 is 1.79 bits per heavy atom. The summed E-state index contributed by atoms with van der Waals surface area (Å²) in [6, 6.07) is 26.4. The molecule has 2 aliphatic heterocycles. The fourth-order valence-electron chi connectivity index (χ4n) is 5.36. The Hall–Kier alpha value is -3.00. The zero-order valence-corrected chi connectivity index (χ0v) is 17.7. The van der Waals surface area contributed by atoms with Crippen LogP contribution in [-0.2, 0) is 5.41 Å². The molecule has 3 aromatic carbocycles. The third-order valence-corrected chi connectivity index (χ3v) is 7.38. The van der Waals surface area contributed by atoms with Crippen molar-refractivity contribution in [2.24, 2.45) is 5.41 Å². The van der Waals surface area contributed by atoms with Crippen molar-refractivity contribution in [3.63, 3.8) is 0 Å². The lowest BCUT2D eigenvalue weighted by molar-refractivity contribution is 0.171. The molecule has 2 heteroatoms. The fraction of sp³-hybridized carbons (Fsp3) is 0.259. The highest BCUT2D eigenvalue weighted by molar-refractivity contribution is 5.91. The molecule has 2 heterocycles. The van der Waals surface area contributed by atoms with Crippen molar-refractivity contribution in [1.82, 2.24) is 0 Å². The van der Waals surface area contributed by atoms with Gasteiger partial charge in [0.25, 0.3) is 0 Å². The number of anilines is 4. The van der Waals surface area contributed by atoms with Gasteiger partial charge in [0.1, 0.15) is 6.17 Å². The molecule has 5 rings (SSSR count). The molecule has 0 fully saturated rings. The maximum absolute atomic E-state index is 4.29. The summed E-state index contributed by atoms with van der Waals surface area (Å²) in [6.45, 7) is 13.6. The fourth-order valence-corrected chi connectivity index (χ4v) is 5.36. The molecular weight excluding hydrogens is 352 g/mol. The van der Waals surface area contributed by atoms with Crippen LogP contribution in [0.4, 0.5) is 22.7 Å². The SMILES string of the molecule is C=CC1(C)c2ccccc2N2c3ccccc3N(c3ccccc3C)C2C1(C)C. The largest absolute Gasteiger partial charge is 0.317 e. The van der Waals surface area contributed by atoms with Crippen LogP contribution in [0.2, 0.25) is 0 Å². The molecule has 29 heavy (non-hydrogen) atoms. The number of para-hydroxylation sites is 4. The molecule has 0 aromatic heterocycles. The number of benzene rings is 3. The second kappa shape index (κ2) is 6.00. The minimum absolute atomic E-state index is 0.0929. The second-order valence-electron chi connectivity index (χ2n) is 9.03. The first-order chi connectivity index (χ1) is 13.9. The molecule has 0 bridgehead atoms. The highest BCUT2D eigenvalue weighted by atomic mass is 15.4. The van der Waals surface area contributed by atoms with Gasteiger partial charge < -0.3 is 9.80 Å². The van der Waals surface area contributed by atoms with E-state index in [0.717, 1.165) is 0 Å². The zero-order chi connectivity index (χ0) is 20.4. The van der Waals surface area contributed by atoms with Gasteiger partial charge in [0, 0.05) is 22.2 Å². The number of rotatable bonds is 2. The van der Waals surface area contributed by atoms with E-state index < -0.39 is 0 Å². The van der Waals surface area contributed by atoms with Crippen LogP contribution in [-0.4, -0.2) is 6.17 Å². The van der Waals surface area contributed by atoms with Crippen LogP contribution in [0.5, 0.6) is 0 Å². The molecular formula is C27H28N2. The molecule has 0 radical (unpaired) electrons. The van der Waals surface area contributed by atoms with E-state index in [2.05, 4.69) is 123 Å². The standard InChI is InChI=1S/C27H28N2/c1-6-27(5)20-14-8-10-16-22(20)29-24-18-12-11-17-23(24)28(25(29)26(27,3)4)21-15-9-7-13-19(21)2/h6-18,25H,1H2,2-5H3. The van der Waals surface area contributed by atoms with E-state index >= 15 is 0 Å². The third kappa shape index (κ3) is 2.17. The van der Waals surface area contributed by atoms with Crippen LogP contribution >= 0.6 is 0 Å². The minimum Gasteiger partial charge on any atom is -0.317 e. The summed E-state index contributed by atoms with van der Waals surface area (Å²) in [5.41, 5.74) is 7.47. The quantitative estimate of drug-likeness (QED) is 0.438. The van der Waals surface area contributed by atoms with E-state index in [0.29, 0.717) is 0 Å². The van der Waals surface area contributed by atoms with Gasteiger partial charge in [-0.3, -0.25) is 0 Å². The monoisotopic (exact) mass is 380 g/mol. The topological polar surface area (TPSA) is 6.48 Å². The third-order valence-electron chi connectivity index (χ3n) is 7.38. The molecule has 2 aliphatic rings. The number of allylic oxidation sites excluding steroid dienone is 1. The van der Waals surface area contributed by atoms with E-state index in [9.17, 15) is 0 Å². The number of nitrogens with zero attached hydrogens (tertiary/aromatic N) is 2. The Balaban J connectivity index is 1.87. The molecule has 0 spiro atoms. The first kappa shape index (κ1) is 18.1. The smallest absolute Gasteiger partial charge is 0.117 e. The summed E-state index contributed by atoms with van der Waals surface area (Å²) in [5.74, 6) is 0. The van der Waals surface area contributed by atoms with Crippen molar-refractivity contribution >= 4 is 22.7 Å². The lowest BCUT2D eigenvalue weighted by atomic mass is 9.58. The van der Waals surface area contributed by atoms with Gasteiger partial charge in [-0.2, -0.15) is 0 Å². The summed E-state index contributed by atoms with van der Waals surface area (Å²) >= 11 is 0. The Bertz CT molecular complexity index is 1110. The van der Waals surface area contributed by atoms with E-state index in [-0.39, 0.29) is 17.0 Å². The molecule has 2 unspecified atom stereocenters. The Morgan fingerprint density at radius 2 is 1.21 bits per heavy atom. The van der Waals surface area contributed by atoms with Crippen LogP contribution < -0.4 is 9.80 Å². The molecule has 0 N–H and O–H groups in total. The highest BCUT2D eigenvalue weighted by Crippen LogP contribution is 2.62. The second-order valence-corrected chi connectivity index (χ2v) is 9.03. The summed E-state index contributed by atoms with van der Waals surface area (Å²) in [6.07, 6.45) is 2.31. The number of fused-ring (bicyclic) bond motifs is 5. The first-order valence-electron chi connectivity index (χ1n) is 10.4. The van der Waals surface area contributed by atoms with E-state index in [1.54, 1.807) is 0 Å². The van der Waals surface area contributed by atoms with Gasteiger partial charge in [-0.1, -0.05) is 75.4 Å². The van der Waals surface area contributed by atoms with Crippen LogP contribution in [0.25, 0.3) is 0 Å². The van der Waals surface area contributed by atoms with Gasteiger partial charge in [-0.05, 0) is 42.3 Å².